The molecule has 3 nitrogen and oxygen atoms in total. The molecule has 0 aliphatic heterocycles. The van der Waals surface area contributed by atoms with E-state index in [2.05, 4.69) is 48.7 Å². The van der Waals surface area contributed by atoms with Crippen LogP contribution in [-0.2, 0) is 13.0 Å². The lowest BCUT2D eigenvalue weighted by Crippen LogP contribution is -1.98. The molecule has 108 valence electrons. The second-order valence-electron chi connectivity index (χ2n) is 5.43. The summed E-state index contributed by atoms with van der Waals surface area (Å²) in [6.07, 6.45) is 1.03. The van der Waals surface area contributed by atoms with E-state index in [0.717, 1.165) is 41.1 Å². The standard InChI is InChI=1S/C18H21N3/c1-4-13-7-9-17-16(10-13)20-18(21(17)5-2)14-8-6-12(3)15(19)11-14/h6-11H,4-5,19H2,1-3H3. The molecule has 0 bridgehead atoms. The highest BCUT2D eigenvalue weighted by Gasteiger charge is 2.12. The van der Waals surface area contributed by atoms with Crippen LogP contribution in [0.5, 0.6) is 0 Å². The minimum Gasteiger partial charge on any atom is -0.398 e. The maximum atomic E-state index is 6.05. The Morgan fingerprint density at radius 3 is 2.57 bits per heavy atom. The maximum Gasteiger partial charge on any atom is 0.141 e. The van der Waals surface area contributed by atoms with Crippen LogP contribution in [-0.4, -0.2) is 9.55 Å². The number of aromatic nitrogens is 2. The molecule has 21 heavy (non-hydrogen) atoms. The number of imidazole rings is 1. The number of hydrogen-bond donors (Lipinski definition) is 1. The van der Waals surface area contributed by atoms with Crippen molar-refractivity contribution >= 4 is 16.7 Å². The Balaban J connectivity index is 2.23. The third kappa shape index (κ3) is 2.29. The zero-order valence-electron chi connectivity index (χ0n) is 12.9. The first-order valence-corrected chi connectivity index (χ1v) is 7.49. The fourth-order valence-electron chi connectivity index (χ4n) is 2.72. The summed E-state index contributed by atoms with van der Waals surface area (Å²) >= 11 is 0. The van der Waals surface area contributed by atoms with E-state index in [-0.39, 0.29) is 0 Å². The normalized spacial score (nSPS) is 11.2. The van der Waals surface area contributed by atoms with Gasteiger partial charge in [0.25, 0.3) is 0 Å². The van der Waals surface area contributed by atoms with Crippen LogP contribution in [0.15, 0.2) is 36.4 Å². The third-order valence-electron chi connectivity index (χ3n) is 4.07. The second-order valence-corrected chi connectivity index (χ2v) is 5.43. The molecule has 3 aromatic rings. The molecule has 0 saturated heterocycles. The van der Waals surface area contributed by atoms with E-state index >= 15 is 0 Å². The largest absolute Gasteiger partial charge is 0.398 e. The quantitative estimate of drug-likeness (QED) is 0.731. The highest BCUT2D eigenvalue weighted by Crippen LogP contribution is 2.27. The van der Waals surface area contributed by atoms with Gasteiger partial charge >= 0.3 is 0 Å². The van der Waals surface area contributed by atoms with Crippen LogP contribution in [0.3, 0.4) is 0 Å². The van der Waals surface area contributed by atoms with Gasteiger partial charge in [-0.3, -0.25) is 0 Å². The van der Waals surface area contributed by atoms with Crippen LogP contribution in [0.2, 0.25) is 0 Å². The second kappa shape index (κ2) is 5.24. The van der Waals surface area contributed by atoms with Crippen LogP contribution in [0.4, 0.5) is 5.69 Å². The molecule has 0 atom stereocenters. The summed E-state index contributed by atoms with van der Waals surface area (Å²) in [4.78, 5) is 4.84. The van der Waals surface area contributed by atoms with Gasteiger partial charge in [0, 0.05) is 17.8 Å². The van der Waals surface area contributed by atoms with Gasteiger partial charge in [-0.25, -0.2) is 4.98 Å². The molecule has 0 spiro atoms. The van der Waals surface area contributed by atoms with Gasteiger partial charge in [-0.2, -0.15) is 0 Å². The van der Waals surface area contributed by atoms with Crippen LogP contribution in [0.1, 0.15) is 25.0 Å². The highest BCUT2D eigenvalue weighted by atomic mass is 15.1. The van der Waals surface area contributed by atoms with Crippen molar-refractivity contribution in [3.8, 4) is 11.4 Å². The van der Waals surface area contributed by atoms with Crippen molar-refractivity contribution in [3.63, 3.8) is 0 Å². The molecule has 0 fully saturated rings. The number of fused-ring (bicyclic) bond motifs is 1. The Kier molecular flexibility index (Phi) is 3.42. The van der Waals surface area contributed by atoms with E-state index in [4.69, 9.17) is 10.7 Å². The monoisotopic (exact) mass is 279 g/mol. The van der Waals surface area contributed by atoms with Gasteiger partial charge in [-0.1, -0.05) is 25.1 Å². The summed E-state index contributed by atoms with van der Waals surface area (Å²) < 4.78 is 2.25. The molecule has 0 aliphatic carbocycles. The summed E-state index contributed by atoms with van der Waals surface area (Å²) in [5.41, 5.74) is 12.6. The van der Waals surface area contributed by atoms with Crippen LogP contribution < -0.4 is 5.73 Å². The van der Waals surface area contributed by atoms with Crippen LogP contribution in [0.25, 0.3) is 22.4 Å². The van der Waals surface area contributed by atoms with Gasteiger partial charge in [0.2, 0.25) is 0 Å². The Morgan fingerprint density at radius 1 is 1.10 bits per heavy atom. The highest BCUT2D eigenvalue weighted by molar-refractivity contribution is 5.82. The number of nitrogen functional groups attached to an aromatic ring is 1. The summed E-state index contributed by atoms with van der Waals surface area (Å²) in [5, 5.41) is 0. The maximum absolute atomic E-state index is 6.05. The minimum absolute atomic E-state index is 0.816. The van der Waals surface area contributed by atoms with E-state index in [9.17, 15) is 0 Å². The van der Waals surface area contributed by atoms with E-state index in [1.807, 2.05) is 13.0 Å². The molecular formula is C18H21N3. The zero-order chi connectivity index (χ0) is 15.0. The van der Waals surface area contributed by atoms with Gasteiger partial charge in [0.15, 0.2) is 0 Å². The van der Waals surface area contributed by atoms with Crippen LogP contribution >= 0.6 is 0 Å². The molecule has 0 aliphatic rings. The summed E-state index contributed by atoms with van der Waals surface area (Å²) in [5.74, 6) is 0.993. The number of aryl methyl sites for hydroxylation is 3. The Bertz CT molecular complexity index is 800. The molecule has 0 saturated carbocycles. The van der Waals surface area contributed by atoms with E-state index < -0.39 is 0 Å². The Morgan fingerprint density at radius 2 is 1.90 bits per heavy atom. The summed E-state index contributed by atoms with van der Waals surface area (Å²) in [6, 6.07) is 12.7. The molecule has 3 heteroatoms. The van der Waals surface area contributed by atoms with Crippen LogP contribution in [0, 0.1) is 6.92 Å². The summed E-state index contributed by atoms with van der Waals surface area (Å²) in [6.45, 7) is 7.23. The molecule has 0 radical (unpaired) electrons. The van der Waals surface area contributed by atoms with E-state index in [0.29, 0.717) is 0 Å². The van der Waals surface area contributed by atoms with Crippen molar-refractivity contribution in [3.05, 3.63) is 47.5 Å². The van der Waals surface area contributed by atoms with Crippen molar-refractivity contribution < 1.29 is 0 Å². The van der Waals surface area contributed by atoms with Crippen molar-refractivity contribution in [2.45, 2.75) is 33.7 Å². The lowest BCUT2D eigenvalue weighted by atomic mass is 10.1. The number of anilines is 1. The number of nitrogens with zero attached hydrogens (tertiary/aromatic N) is 2. The van der Waals surface area contributed by atoms with Gasteiger partial charge in [0.1, 0.15) is 5.82 Å². The fraction of sp³-hybridized carbons (Fsp3) is 0.278. The topological polar surface area (TPSA) is 43.8 Å². The smallest absolute Gasteiger partial charge is 0.141 e. The van der Waals surface area contributed by atoms with Gasteiger partial charge in [0.05, 0.1) is 11.0 Å². The molecular weight excluding hydrogens is 258 g/mol. The number of nitrogens with two attached hydrogens (primary N) is 1. The zero-order valence-corrected chi connectivity index (χ0v) is 12.9. The SMILES string of the molecule is CCc1ccc2c(c1)nc(-c1ccc(C)c(N)c1)n2CC. The average molecular weight is 279 g/mol. The number of hydrogen-bond acceptors (Lipinski definition) is 2. The summed E-state index contributed by atoms with van der Waals surface area (Å²) in [7, 11) is 0. The average Bonchev–Trinajstić information content (AvgIpc) is 2.87. The lowest BCUT2D eigenvalue weighted by Gasteiger charge is -2.08. The molecule has 0 amide bonds. The molecule has 2 N–H and O–H groups in total. The molecule has 1 aromatic heterocycles. The van der Waals surface area contributed by atoms with Crippen molar-refractivity contribution in [1.82, 2.24) is 9.55 Å². The predicted octanol–water partition coefficient (Wildman–Crippen LogP) is 4.18. The van der Waals surface area contributed by atoms with Crippen molar-refractivity contribution in [2.75, 3.05) is 5.73 Å². The van der Waals surface area contributed by atoms with Gasteiger partial charge < -0.3 is 10.3 Å². The fourth-order valence-corrected chi connectivity index (χ4v) is 2.72. The van der Waals surface area contributed by atoms with Crippen molar-refractivity contribution in [2.24, 2.45) is 0 Å². The van der Waals surface area contributed by atoms with Gasteiger partial charge in [-0.05, 0) is 49.6 Å². The minimum atomic E-state index is 0.816. The van der Waals surface area contributed by atoms with Gasteiger partial charge in [-0.15, -0.1) is 0 Å². The first-order chi connectivity index (χ1) is 10.1. The first kappa shape index (κ1) is 13.7. The Labute approximate surface area is 125 Å². The molecule has 2 aromatic carbocycles. The Hall–Kier alpha value is -2.29. The molecule has 3 rings (SSSR count). The number of benzene rings is 2. The van der Waals surface area contributed by atoms with Crippen molar-refractivity contribution in [1.29, 1.82) is 0 Å². The first-order valence-electron chi connectivity index (χ1n) is 7.49. The molecule has 1 heterocycles. The van der Waals surface area contributed by atoms with E-state index in [1.165, 1.54) is 11.1 Å². The predicted molar refractivity (Wildman–Crippen MR) is 89.4 cm³/mol. The number of rotatable bonds is 3. The third-order valence-corrected chi connectivity index (χ3v) is 4.07. The lowest BCUT2D eigenvalue weighted by molar-refractivity contribution is 0.796. The van der Waals surface area contributed by atoms with E-state index in [1.54, 1.807) is 0 Å². The molecule has 0 unspecified atom stereocenters.